The third-order valence-corrected chi connectivity index (χ3v) is 20.5. The number of benzene rings is 2. The molecule has 1 saturated carbocycles. The second kappa shape index (κ2) is 35.0. The van der Waals surface area contributed by atoms with Gasteiger partial charge in [0.2, 0.25) is 70.9 Å². The van der Waals surface area contributed by atoms with Crippen LogP contribution in [0.4, 0.5) is 13.2 Å². The standard InChI is InChI=1S/C71H104ClF3N12O12/c1-15-46(7)60-67(97)81(10)41-58(90)79(8)42-59(91)83(12)54(38-48-25-23-45(6)24-26-48)65(95)80(9)40-56(88)76-51(30-28-47-27-29-49(50(72)37-47)71(73,74)75)64(94)87-35-21-22-52(87)63(93)78-70(31-17-18-32-70)69(99)85(14)61(44(4)5)68(98)84(13)55(66(96)86-33-19-16-20-34-86)39-57(89)82(11)53(36-43(2)3)62(92)77-60/h23-27,29,37,43-44,46,51-55,60-61H,15-22,28,30-36,38-42H2,1-14H3,(H,76,88)(H,77,92)(H,78,93)/t46?,51-,52-,53-,54-,55-,60-,61-/m0/s1. The maximum Gasteiger partial charge on any atom is 0.417 e. The summed E-state index contributed by atoms with van der Waals surface area (Å²) < 4.78 is 41.5. The fourth-order valence-corrected chi connectivity index (χ4v) is 14.1. The molecule has 1 unspecified atom stereocenters. The summed E-state index contributed by atoms with van der Waals surface area (Å²) in [5.74, 6) is -9.52. The largest absolute Gasteiger partial charge is 0.417 e. The summed E-state index contributed by atoms with van der Waals surface area (Å²) in [7, 11) is 9.67. The lowest BCUT2D eigenvalue weighted by molar-refractivity contribution is -0.156. The summed E-state index contributed by atoms with van der Waals surface area (Å²) in [6.07, 6.45) is -1.30. The fourth-order valence-electron chi connectivity index (χ4n) is 13.8. The van der Waals surface area contributed by atoms with Crippen LogP contribution in [0.15, 0.2) is 42.5 Å². The molecule has 8 atom stereocenters. The molecule has 99 heavy (non-hydrogen) atoms. The monoisotopic (exact) mass is 1410 g/mol. The quantitative estimate of drug-likeness (QED) is 0.266. The van der Waals surface area contributed by atoms with Crippen LogP contribution in [0.2, 0.25) is 5.02 Å². The van der Waals surface area contributed by atoms with Crippen molar-refractivity contribution < 1.29 is 70.7 Å². The van der Waals surface area contributed by atoms with Crippen LogP contribution in [-0.4, -0.2) is 251 Å². The van der Waals surface area contributed by atoms with Crippen LogP contribution in [0, 0.1) is 24.7 Å². The number of likely N-dealkylation sites (N-methyl/N-ethyl adjacent to an activating group) is 7. The van der Waals surface area contributed by atoms with Crippen LogP contribution in [0.1, 0.15) is 147 Å². The van der Waals surface area contributed by atoms with Crippen LogP contribution in [0.25, 0.3) is 0 Å². The maximum absolute atomic E-state index is 15.4. The van der Waals surface area contributed by atoms with E-state index in [1.165, 1.54) is 75.0 Å². The first-order chi connectivity index (χ1) is 46.4. The molecule has 548 valence electrons. The van der Waals surface area contributed by atoms with Crippen LogP contribution >= 0.6 is 11.6 Å². The number of fused-ring (bicyclic) bond motifs is 1. The molecule has 1 spiro atoms. The molecule has 12 amide bonds. The molecule has 24 nitrogen and oxygen atoms in total. The van der Waals surface area contributed by atoms with Crippen molar-refractivity contribution in [2.75, 3.05) is 88.6 Å². The molecule has 2 aromatic rings. The van der Waals surface area contributed by atoms with Gasteiger partial charge in [-0.1, -0.05) is 108 Å². The second-order valence-electron chi connectivity index (χ2n) is 28.5. The number of halogens is 4. The van der Waals surface area contributed by atoms with Gasteiger partial charge in [0.15, 0.2) is 0 Å². The number of rotatable bonds is 11. The number of nitrogens with zero attached hydrogens (tertiary/aromatic N) is 9. The number of alkyl halides is 3. The Labute approximate surface area is 585 Å². The summed E-state index contributed by atoms with van der Waals surface area (Å²) in [6.45, 7) is 11.5. The molecule has 6 rings (SSSR count). The third kappa shape index (κ3) is 20.2. The number of aryl methyl sites for hydroxylation is 2. The summed E-state index contributed by atoms with van der Waals surface area (Å²) in [4.78, 5) is 189. The number of amides is 12. The van der Waals surface area contributed by atoms with E-state index in [0.29, 0.717) is 57.2 Å². The van der Waals surface area contributed by atoms with Gasteiger partial charge < -0.3 is 60.0 Å². The number of hydrogen-bond acceptors (Lipinski definition) is 12. The summed E-state index contributed by atoms with van der Waals surface area (Å²) in [5.41, 5.74) is -0.851. The molecule has 3 aliphatic heterocycles. The number of carbonyl (C=O) groups excluding carboxylic acids is 12. The number of piperidine rings is 1. The molecule has 3 heterocycles. The molecule has 4 aliphatic rings. The van der Waals surface area contributed by atoms with E-state index < -0.39 is 173 Å². The predicted molar refractivity (Wildman–Crippen MR) is 366 cm³/mol. The molecule has 0 aromatic heterocycles. The van der Waals surface area contributed by atoms with Crippen LogP contribution in [-0.2, 0) is 76.6 Å². The SMILES string of the molecule is CCC(C)[C@@H]1NC(=O)[C@H](CC(C)C)N(C)C(=O)C[C@@H](C(=O)N2CCCCC2)N(C)C(=O)[C@H](C(C)C)N(C)C(=O)C2(CCCC2)NC(=O)[C@@H]2CCCN2C(=O)[C@H](CCc2ccc(C(F)(F)F)c(Cl)c2)NC(=O)CN(C)C(=O)[C@H](Cc2ccc(C)cc2)N(C)C(=O)CN(C)C(=O)CN(C)C1=O. The maximum atomic E-state index is 15.4. The van der Waals surface area contributed by atoms with Crippen molar-refractivity contribution in [2.24, 2.45) is 17.8 Å². The highest BCUT2D eigenvalue weighted by Crippen LogP contribution is 2.37. The molecule has 2 aromatic carbocycles. The molecular weight excluding hydrogens is 1310 g/mol. The topological polar surface area (TPSA) is 270 Å². The van der Waals surface area contributed by atoms with Gasteiger partial charge in [0.25, 0.3) is 0 Å². The minimum atomic E-state index is -4.77. The molecule has 1 aliphatic carbocycles. The lowest BCUT2D eigenvalue weighted by Gasteiger charge is -2.42. The van der Waals surface area contributed by atoms with Gasteiger partial charge in [-0.25, -0.2) is 0 Å². The Kier molecular flexibility index (Phi) is 28.3. The zero-order chi connectivity index (χ0) is 73.7. The Morgan fingerprint density at radius 3 is 1.82 bits per heavy atom. The van der Waals surface area contributed by atoms with E-state index in [0.717, 1.165) is 43.7 Å². The van der Waals surface area contributed by atoms with E-state index >= 15 is 19.2 Å². The van der Waals surface area contributed by atoms with Crippen molar-refractivity contribution in [3.63, 3.8) is 0 Å². The Bertz CT molecular complexity index is 3270. The van der Waals surface area contributed by atoms with Gasteiger partial charge in [0.05, 0.1) is 36.6 Å². The van der Waals surface area contributed by atoms with E-state index in [4.69, 9.17) is 11.6 Å². The first kappa shape index (κ1) is 80.1. The van der Waals surface area contributed by atoms with Gasteiger partial charge >= 0.3 is 6.18 Å². The van der Waals surface area contributed by atoms with Crippen molar-refractivity contribution in [3.8, 4) is 0 Å². The predicted octanol–water partition coefficient (Wildman–Crippen LogP) is 5.08. The van der Waals surface area contributed by atoms with Crippen molar-refractivity contribution in [3.05, 3.63) is 69.7 Å². The average molecular weight is 1410 g/mol. The lowest BCUT2D eigenvalue weighted by Crippen LogP contribution is -2.65. The van der Waals surface area contributed by atoms with Crippen molar-refractivity contribution >= 4 is 82.5 Å². The van der Waals surface area contributed by atoms with E-state index in [1.54, 1.807) is 37.8 Å². The van der Waals surface area contributed by atoms with Gasteiger partial charge in [-0.05, 0) is 112 Å². The van der Waals surface area contributed by atoms with E-state index in [9.17, 15) is 51.5 Å². The molecule has 0 bridgehead atoms. The van der Waals surface area contributed by atoms with Crippen LogP contribution in [0.5, 0.6) is 0 Å². The van der Waals surface area contributed by atoms with E-state index in [1.807, 2.05) is 39.8 Å². The first-order valence-electron chi connectivity index (χ1n) is 34.6. The summed E-state index contributed by atoms with van der Waals surface area (Å²) in [5, 5.41) is 8.03. The minimum absolute atomic E-state index is 0.0153. The zero-order valence-corrected chi connectivity index (χ0v) is 60.9. The van der Waals surface area contributed by atoms with Gasteiger partial charge in [0, 0.05) is 75.4 Å². The van der Waals surface area contributed by atoms with Crippen LogP contribution < -0.4 is 16.0 Å². The van der Waals surface area contributed by atoms with E-state index in [-0.39, 0.29) is 63.0 Å². The molecule has 0 radical (unpaired) electrons. The molecule has 4 fully saturated rings. The van der Waals surface area contributed by atoms with Crippen molar-refractivity contribution in [1.29, 1.82) is 0 Å². The normalized spacial score (nSPS) is 24.9. The molecule has 28 heteroatoms. The number of nitrogens with one attached hydrogen (secondary N) is 3. The zero-order valence-electron chi connectivity index (χ0n) is 60.1. The number of hydrogen-bond donors (Lipinski definition) is 3. The highest BCUT2D eigenvalue weighted by atomic mass is 35.5. The Morgan fingerprint density at radius 2 is 1.23 bits per heavy atom. The highest BCUT2D eigenvalue weighted by Gasteiger charge is 2.51. The van der Waals surface area contributed by atoms with E-state index in [2.05, 4.69) is 16.0 Å². The Morgan fingerprint density at radius 1 is 0.636 bits per heavy atom. The Hall–Kier alpha value is -7.84. The molecule has 3 saturated heterocycles. The van der Waals surface area contributed by atoms with Gasteiger partial charge in [-0.15, -0.1) is 0 Å². The average Bonchev–Trinajstić information content (AvgIpc) is 1.77. The smallest absolute Gasteiger partial charge is 0.343 e. The van der Waals surface area contributed by atoms with Crippen molar-refractivity contribution in [2.45, 2.75) is 199 Å². The van der Waals surface area contributed by atoms with Gasteiger partial charge in [0.1, 0.15) is 47.8 Å². The number of likely N-dealkylation sites (tertiary alicyclic amines) is 1. The van der Waals surface area contributed by atoms with Gasteiger partial charge in [-0.2, -0.15) is 13.2 Å². The summed E-state index contributed by atoms with van der Waals surface area (Å²) in [6, 6.07) is 1.24. The summed E-state index contributed by atoms with van der Waals surface area (Å²) >= 11 is 6.14. The molecular formula is C71H104ClF3N12O12. The molecule has 3 N–H and O–H groups in total. The van der Waals surface area contributed by atoms with Crippen molar-refractivity contribution in [1.82, 2.24) is 60.0 Å². The third-order valence-electron chi connectivity index (χ3n) is 20.2. The minimum Gasteiger partial charge on any atom is -0.343 e. The van der Waals surface area contributed by atoms with Gasteiger partial charge in [-0.3, -0.25) is 57.5 Å². The Balaban J connectivity index is 1.43. The fraction of sp³-hybridized carbons (Fsp3) is 0.662. The number of carbonyl (C=O) groups is 12. The van der Waals surface area contributed by atoms with Crippen LogP contribution in [0.3, 0.4) is 0 Å². The second-order valence-corrected chi connectivity index (χ2v) is 28.9. The highest BCUT2D eigenvalue weighted by molar-refractivity contribution is 6.31. The first-order valence-corrected chi connectivity index (χ1v) is 35.0. The lowest BCUT2D eigenvalue weighted by atomic mass is 9.91.